The average Bonchev–Trinajstić information content (AvgIpc) is 3.15. The van der Waals surface area contributed by atoms with E-state index in [1.807, 2.05) is 42.5 Å². The van der Waals surface area contributed by atoms with Crippen LogP contribution in [0.4, 0.5) is 0 Å². The third kappa shape index (κ3) is 3.76. The number of benzene rings is 2. The molecule has 1 heterocycles. The summed E-state index contributed by atoms with van der Waals surface area (Å²) in [7, 11) is 0. The van der Waals surface area contributed by atoms with Gasteiger partial charge in [0.25, 0.3) is 11.8 Å². The van der Waals surface area contributed by atoms with Gasteiger partial charge in [-0.15, -0.1) is 0 Å². The standard InChI is InChI=1S/C18H18N2O3/c21-17(19-20-18(22)16-7-4-12-23-16)15-10-8-14(9-11-15)13-5-2-1-3-6-13/h1-3,5-6,8-11,16H,4,7,12H2,(H,19,21)(H,20,22)/t16-/m1/s1. The van der Waals surface area contributed by atoms with Crippen LogP contribution >= 0.6 is 0 Å². The van der Waals surface area contributed by atoms with Gasteiger partial charge in [-0.25, -0.2) is 0 Å². The lowest BCUT2D eigenvalue weighted by Gasteiger charge is -2.11. The van der Waals surface area contributed by atoms with Gasteiger partial charge in [0.2, 0.25) is 0 Å². The first-order valence-corrected chi connectivity index (χ1v) is 7.61. The van der Waals surface area contributed by atoms with Gasteiger partial charge in [0, 0.05) is 12.2 Å². The topological polar surface area (TPSA) is 67.4 Å². The van der Waals surface area contributed by atoms with Crippen molar-refractivity contribution in [3.8, 4) is 11.1 Å². The Morgan fingerprint density at radius 3 is 2.26 bits per heavy atom. The second-order valence-electron chi connectivity index (χ2n) is 5.39. The number of hydrogen-bond donors (Lipinski definition) is 2. The van der Waals surface area contributed by atoms with Gasteiger partial charge < -0.3 is 4.74 Å². The molecule has 2 N–H and O–H groups in total. The Hall–Kier alpha value is -2.66. The number of hydrazine groups is 1. The summed E-state index contributed by atoms with van der Waals surface area (Å²) in [5.41, 5.74) is 7.43. The van der Waals surface area contributed by atoms with E-state index in [2.05, 4.69) is 10.9 Å². The van der Waals surface area contributed by atoms with Gasteiger partial charge in [0.05, 0.1) is 0 Å². The summed E-state index contributed by atoms with van der Waals surface area (Å²) in [6, 6.07) is 17.1. The van der Waals surface area contributed by atoms with Gasteiger partial charge in [-0.2, -0.15) is 0 Å². The highest BCUT2D eigenvalue weighted by atomic mass is 16.5. The summed E-state index contributed by atoms with van der Waals surface area (Å²) in [6.07, 6.45) is 1.09. The Morgan fingerprint density at radius 2 is 1.61 bits per heavy atom. The van der Waals surface area contributed by atoms with Gasteiger partial charge in [0.1, 0.15) is 6.10 Å². The van der Waals surface area contributed by atoms with Crippen molar-refractivity contribution < 1.29 is 14.3 Å². The minimum atomic E-state index is -0.462. The fraction of sp³-hybridized carbons (Fsp3) is 0.222. The lowest BCUT2D eigenvalue weighted by Crippen LogP contribution is -2.46. The zero-order valence-electron chi connectivity index (χ0n) is 12.6. The van der Waals surface area contributed by atoms with Crippen LogP contribution in [0.1, 0.15) is 23.2 Å². The largest absolute Gasteiger partial charge is 0.368 e. The Kier molecular flexibility index (Phi) is 4.68. The first-order valence-electron chi connectivity index (χ1n) is 7.61. The summed E-state index contributed by atoms with van der Waals surface area (Å²) in [5, 5.41) is 0. The monoisotopic (exact) mass is 310 g/mol. The van der Waals surface area contributed by atoms with Crippen molar-refractivity contribution in [3.63, 3.8) is 0 Å². The Bertz CT molecular complexity index is 677. The van der Waals surface area contributed by atoms with Gasteiger partial charge in [0.15, 0.2) is 0 Å². The van der Waals surface area contributed by atoms with Crippen molar-refractivity contribution in [2.75, 3.05) is 6.61 Å². The average molecular weight is 310 g/mol. The van der Waals surface area contributed by atoms with Crippen molar-refractivity contribution in [2.45, 2.75) is 18.9 Å². The zero-order valence-corrected chi connectivity index (χ0v) is 12.6. The van der Waals surface area contributed by atoms with E-state index in [-0.39, 0.29) is 11.8 Å². The van der Waals surface area contributed by atoms with Crippen LogP contribution in [0.15, 0.2) is 54.6 Å². The Balaban J connectivity index is 1.58. The molecule has 0 saturated carbocycles. The van der Waals surface area contributed by atoms with E-state index in [1.54, 1.807) is 12.1 Å². The van der Waals surface area contributed by atoms with E-state index in [4.69, 9.17) is 4.74 Å². The van der Waals surface area contributed by atoms with Crippen LogP contribution in [0.5, 0.6) is 0 Å². The molecule has 3 rings (SSSR count). The van der Waals surface area contributed by atoms with Crippen LogP contribution in [0.3, 0.4) is 0 Å². The van der Waals surface area contributed by atoms with Crippen molar-refractivity contribution in [3.05, 3.63) is 60.2 Å². The fourth-order valence-corrected chi connectivity index (χ4v) is 2.50. The van der Waals surface area contributed by atoms with E-state index in [1.165, 1.54) is 0 Å². The van der Waals surface area contributed by atoms with Crippen LogP contribution in [-0.2, 0) is 9.53 Å². The molecule has 5 nitrogen and oxygen atoms in total. The van der Waals surface area contributed by atoms with Crippen molar-refractivity contribution >= 4 is 11.8 Å². The molecule has 0 spiro atoms. The summed E-state index contributed by atoms with van der Waals surface area (Å²) >= 11 is 0. The smallest absolute Gasteiger partial charge is 0.269 e. The number of rotatable bonds is 3. The predicted molar refractivity (Wildman–Crippen MR) is 86.5 cm³/mol. The second kappa shape index (κ2) is 7.07. The molecule has 1 aliphatic rings. The molecule has 0 radical (unpaired) electrons. The lowest BCUT2D eigenvalue weighted by molar-refractivity contribution is -0.130. The normalized spacial score (nSPS) is 16.8. The van der Waals surface area contributed by atoms with Gasteiger partial charge in [-0.05, 0) is 36.1 Å². The van der Waals surface area contributed by atoms with Crippen LogP contribution in [0.2, 0.25) is 0 Å². The number of ether oxygens (including phenoxy) is 1. The number of carbonyl (C=O) groups is 2. The minimum Gasteiger partial charge on any atom is -0.368 e. The van der Waals surface area contributed by atoms with Crippen molar-refractivity contribution in [2.24, 2.45) is 0 Å². The molecule has 0 bridgehead atoms. The first kappa shape index (κ1) is 15.2. The van der Waals surface area contributed by atoms with E-state index in [0.717, 1.165) is 17.5 Å². The number of hydrogen-bond acceptors (Lipinski definition) is 3. The maximum Gasteiger partial charge on any atom is 0.269 e. The van der Waals surface area contributed by atoms with E-state index >= 15 is 0 Å². The second-order valence-corrected chi connectivity index (χ2v) is 5.39. The highest BCUT2D eigenvalue weighted by molar-refractivity contribution is 5.96. The third-order valence-electron chi connectivity index (χ3n) is 3.78. The Morgan fingerprint density at radius 1 is 0.913 bits per heavy atom. The van der Waals surface area contributed by atoms with E-state index in [0.29, 0.717) is 18.6 Å². The highest BCUT2D eigenvalue weighted by Crippen LogP contribution is 2.19. The summed E-state index contributed by atoms with van der Waals surface area (Å²) in [5.74, 6) is -0.660. The molecule has 5 heteroatoms. The molecule has 0 aliphatic carbocycles. The van der Waals surface area contributed by atoms with Crippen LogP contribution < -0.4 is 10.9 Å². The third-order valence-corrected chi connectivity index (χ3v) is 3.78. The summed E-state index contributed by atoms with van der Waals surface area (Å²) < 4.78 is 5.25. The van der Waals surface area contributed by atoms with Crippen LogP contribution in [0, 0.1) is 0 Å². The Labute approximate surface area is 134 Å². The minimum absolute atomic E-state index is 0.309. The first-order chi connectivity index (χ1) is 11.2. The molecule has 0 aromatic heterocycles. The SMILES string of the molecule is O=C(NNC(=O)[C@H]1CCCO1)c1ccc(-c2ccccc2)cc1. The maximum atomic E-state index is 12.0. The fourth-order valence-electron chi connectivity index (χ4n) is 2.50. The lowest BCUT2D eigenvalue weighted by atomic mass is 10.0. The quantitative estimate of drug-likeness (QED) is 0.855. The highest BCUT2D eigenvalue weighted by Gasteiger charge is 2.23. The van der Waals surface area contributed by atoms with Gasteiger partial charge >= 0.3 is 0 Å². The van der Waals surface area contributed by atoms with Gasteiger partial charge in [-0.1, -0.05) is 42.5 Å². The molecule has 2 aromatic carbocycles. The molecule has 1 fully saturated rings. The molecule has 1 saturated heterocycles. The molecule has 2 aromatic rings. The van der Waals surface area contributed by atoms with Gasteiger partial charge in [-0.3, -0.25) is 20.4 Å². The summed E-state index contributed by atoms with van der Waals surface area (Å²) in [4.78, 5) is 23.8. The number of nitrogens with one attached hydrogen (secondary N) is 2. The number of carbonyl (C=O) groups excluding carboxylic acids is 2. The molecule has 2 amide bonds. The molecule has 118 valence electrons. The molecule has 1 atom stereocenters. The molecular weight excluding hydrogens is 292 g/mol. The molecule has 0 unspecified atom stereocenters. The maximum absolute atomic E-state index is 12.0. The molecule has 23 heavy (non-hydrogen) atoms. The predicted octanol–water partition coefficient (Wildman–Crippen LogP) is 2.29. The summed E-state index contributed by atoms with van der Waals surface area (Å²) in [6.45, 7) is 0.590. The van der Waals surface area contributed by atoms with E-state index in [9.17, 15) is 9.59 Å². The van der Waals surface area contributed by atoms with Crippen LogP contribution in [0.25, 0.3) is 11.1 Å². The van der Waals surface area contributed by atoms with Crippen LogP contribution in [-0.4, -0.2) is 24.5 Å². The number of amides is 2. The molecule has 1 aliphatic heterocycles. The molecular formula is C18H18N2O3. The van der Waals surface area contributed by atoms with E-state index < -0.39 is 6.10 Å². The zero-order chi connectivity index (χ0) is 16.1. The van der Waals surface area contributed by atoms with Crippen molar-refractivity contribution in [1.29, 1.82) is 0 Å². The van der Waals surface area contributed by atoms with Crippen molar-refractivity contribution in [1.82, 2.24) is 10.9 Å².